The van der Waals surface area contributed by atoms with Crippen molar-refractivity contribution in [1.29, 1.82) is 5.26 Å². The highest BCUT2D eigenvalue weighted by Crippen LogP contribution is 2.24. The molecular formula is C15H17BrN2. The lowest BCUT2D eigenvalue weighted by Crippen LogP contribution is -2.05. The minimum atomic E-state index is 0.690. The van der Waals surface area contributed by atoms with E-state index >= 15 is 0 Å². The lowest BCUT2D eigenvalue weighted by atomic mass is 9.97. The van der Waals surface area contributed by atoms with Crippen LogP contribution in [0.1, 0.15) is 37.7 Å². The minimum Gasteiger partial charge on any atom is -0.384 e. The molecule has 1 aliphatic carbocycles. The quantitative estimate of drug-likeness (QED) is 0.824. The second kappa shape index (κ2) is 6.61. The predicted octanol–water partition coefficient (Wildman–Crippen LogP) is 4.62. The van der Waals surface area contributed by atoms with Crippen LogP contribution in [0.15, 0.2) is 34.3 Å². The number of hydrogen-bond donors (Lipinski definition) is 1. The summed E-state index contributed by atoms with van der Waals surface area (Å²) in [5.74, 6) is 0. The molecule has 1 aromatic carbocycles. The van der Waals surface area contributed by atoms with Crippen LogP contribution in [0.3, 0.4) is 0 Å². The number of benzene rings is 1. The van der Waals surface area contributed by atoms with Gasteiger partial charge in [0.2, 0.25) is 0 Å². The molecule has 1 aliphatic rings. The van der Waals surface area contributed by atoms with Crippen LogP contribution < -0.4 is 5.32 Å². The van der Waals surface area contributed by atoms with Crippen molar-refractivity contribution in [2.24, 2.45) is 0 Å². The zero-order chi connectivity index (χ0) is 12.8. The van der Waals surface area contributed by atoms with E-state index in [1.165, 1.54) is 25.7 Å². The van der Waals surface area contributed by atoms with Gasteiger partial charge in [0.05, 0.1) is 11.3 Å². The number of allylic oxidation sites excluding steroid dienone is 1. The third kappa shape index (κ3) is 3.36. The molecule has 0 amide bonds. The summed E-state index contributed by atoms with van der Waals surface area (Å²) in [7, 11) is 0. The first-order valence-corrected chi connectivity index (χ1v) is 7.21. The molecule has 0 heterocycles. The molecule has 2 rings (SSSR count). The third-order valence-corrected chi connectivity index (χ3v) is 3.93. The van der Waals surface area contributed by atoms with Crippen LogP contribution in [0, 0.1) is 11.3 Å². The molecule has 0 atom stereocenters. The zero-order valence-electron chi connectivity index (χ0n) is 10.4. The Morgan fingerprint density at radius 3 is 2.94 bits per heavy atom. The lowest BCUT2D eigenvalue weighted by Gasteiger charge is -2.14. The van der Waals surface area contributed by atoms with Gasteiger partial charge in [0.15, 0.2) is 0 Å². The van der Waals surface area contributed by atoms with Crippen LogP contribution >= 0.6 is 15.9 Å². The average Bonchev–Trinajstić information content (AvgIpc) is 2.40. The van der Waals surface area contributed by atoms with Crippen molar-refractivity contribution in [3.05, 3.63) is 39.9 Å². The Morgan fingerprint density at radius 2 is 2.22 bits per heavy atom. The maximum Gasteiger partial charge on any atom is 0.103 e. The van der Waals surface area contributed by atoms with Gasteiger partial charge in [-0.25, -0.2) is 0 Å². The number of rotatable bonds is 4. The summed E-state index contributed by atoms with van der Waals surface area (Å²) in [6.07, 6.45) is 8.59. The zero-order valence-corrected chi connectivity index (χ0v) is 12.0. The summed E-state index contributed by atoms with van der Waals surface area (Å²) in [6, 6.07) is 8.03. The maximum absolute atomic E-state index is 9.12. The molecule has 0 bridgehead atoms. The first kappa shape index (κ1) is 13.2. The summed E-state index contributed by atoms with van der Waals surface area (Å²) in [5.41, 5.74) is 3.17. The average molecular weight is 305 g/mol. The van der Waals surface area contributed by atoms with Crippen molar-refractivity contribution in [2.45, 2.75) is 32.1 Å². The standard InChI is InChI=1S/C15H17BrN2/c16-14-7-4-8-15(13(14)11-17)18-10-9-12-5-2-1-3-6-12/h4-5,7-8,18H,1-3,6,9-10H2. The molecule has 3 heteroatoms. The van der Waals surface area contributed by atoms with E-state index in [-0.39, 0.29) is 0 Å². The van der Waals surface area contributed by atoms with Crippen molar-refractivity contribution in [1.82, 2.24) is 0 Å². The minimum absolute atomic E-state index is 0.690. The Balaban J connectivity index is 1.92. The van der Waals surface area contributed by atoms with Gasteiger partial charge in [0, 0.05) is 11.0 Å². The van der Waals surface area contributed by atoms with Crippen LogP contribution in [0.2, 0.25) is 0 Å². The second-order valence-corrected chi connectivity index (χ2v) is 5.41. The molecule has 0 aliphatic heterocycles. The van der Waals surface area contributed by atoms with Crippen LogP contribution in [-0.2, 0) is 0 Å². The topological polar surface area (TPSA) is 35.8 Å². The van der Waals surface area contributed by atoms with Gasteiger partial charge in [-0.2, -0.15) is 5.26 Å². The van der Waals surface area contributed by atoms with Crippen LogP contribution in [0.25, 0.3) is 0 Å². The van der Waals surface area contributed by atoms with E-state index in [4.69, 9.17) is 5.26 Å². The van der Waals surface area contributed by atoms with E-state index in [0.29, 0.717) is 5.56 Å². The monoisotopic (exact) mass is 304 g/mol. The number of hydrogen-bond acceptors (Lipinski definition) is 2. The third-order valence-electron chi connectivity index (χ3n) is 3.27. The van der Waals surface area contributed by atoms with E-state index in [2.05, 4.69) is 33.4 Å². The lowest BCUT2D eigenvalue weighted by molar-refractivity contribution is 0.679. The summed E-state index contributed by atoms with van der Waals surface area (Å²) >= 11 is 3.40. The molecule has 0 unspecified atom stereocenters. The van der Waals surface area contributed by atoms with E-state index in [1.54, 1.807) is 5.57 Å². The molecule has 1 aromatic rings. The van der Waals surface area contributed by atoms with Crippen molar-refractivity contribution < 1.29 is 0 Å². The maximum atomic E-state index is 9.12. The number of halogens is 1. The number of nitrogens with zero attached hydrogens (tertiary/aromatic N) is 1. The van der Waals surface area contributed by atoms with E-state index in [9.17, 15) is 0 Å². The van der Waals surface area contributed by atoms with Gasteiger partial charge in [-0.1, -0.05) is 17.7 Å². The Morgan fingerprint density at radius 1 is 1.33 bits per heavy atom. The molecule has 0 radical (unpaired) electrons. The van der Waals surface area contributed by atoms with Gasteiger partial charge in [0.1, 0.15) is 6.07 Å². The van der Waals surface area contributed by atoms with E-state index in [1.807, 2.05) is 18.2 Å². The molecule has 18 heavy (non-hydrogen) atoms. The van der Waals surface area contributed by atoms with Gasteiger partial charge < -0.3 is 5.32 Å². The molecule has 0 spiro atoms. The SMILES string of the molecule is N#Cc1c(Br)cccc1NCCC1=CCCCC1. The largest absolute Gasteiger partial charge is 0.384 e. The molecular weight excluding hydrogens is 288 g/mol. The molecule has 94 valence electrons. The van der Waals surface area contributed by atoms with Crippen molar-refractivity contribution in [2.75, 3.05) is 11.9 Å². The Kier molecular flexibility index (Phi) is 4.83. The van der Waals surface area contributed by atoms with Gasteiger partial charge in [-0.05, 0) is 60.2 Å². The van der Waals surface area contributed by atoms with Crippen molar-refractivity contribution in [3.8, 4) is 6.07 Å². The smallest absolute Gasteiger partial charge is 0.103 e. The Labute approximate surface area is 117 Å². The number of anilines is 1. The summed E-state index contributed by atoms with van der Waals surface area (Å²) < 4.78 is 0.854. The highest BCUT2D eigenvalue weighted by atomic mass is 79.9. The Bertz CT molecular complexity index is 486. The molecule has 2 nitrogen and oxygen atoms in total. The fourth-order valence-corrected chi connectivity index (χ4v) is 2.73. The van der Waals surface area contributed by atoms with Crippen LogP contribution in [-0.4, -0.2) is 6.54 Å². The molecule has 0 saturated carbocycles. The second-order valence-electron chi connectivity index (χ2n) is 4.56. The fourth-order valence-electron chi connectivity index (χ4n) is 2.27. The van der Waals surface area contributed by atoms with E-state index in [0.717, 1.165) is 23.1 Å². The van der Waals surface area contributed by atoms with Gasteiger partial charge >= 0.3 is 0 Å². The molecule has 0 aromatic heterocycles. The van der Waals surface area contributed by atoms with Crippen molar-refractivity contribution >= 4 is 21.6 Å². The number of nitriles is 1. The summed E-state index contributed by atoms with van der Waals surface area (Å²) in [6.45, 7) is 0.900. The van der Waals surface area contributed by atoms with Crippen molar-refractivity contribution in [3.63, 3.8) is 0 Å². The van der Waals surface area contributed by atoms with Crippen LogP contribution in [0.5, 0.6) is 0 Å². The molecule has 1 N–H and O–H groups in total. The molecule has 0 fully saturated rings. The Hall–Kier alpha value is -1.27. The first-order valence-electron chi connectivity index (χ1n) is 6.41. The normalized spacial score (nSPS) is 14.8. The van der Waals surface area contributed by atoms with Crippen LogP contribution in [0.4, 0.5) is 5.69 Å². The fraction of sp³-hybridized carbons (Fsp3) is 0.400. The highest BCUT2D eigenvalue weighted by Gasteiger charge is 2.06. The van der Waals surface area contributed by atoms with Gasteiger partial charge in [0.25, 0.3) is 0 Å². The van der Waals surface area contributed by atoms with E-state index < -0.39 is 0 Å². The van der Waals surface area contributed by atoms with Gasteiger partial charge in [-0.3, -0.25) is 0 Å². The van der Waals surface area contributed by atoms with Gasteiger partial charge in [-0.15, -0.1) is 0 Å². The number of nitrogens with one attached hydrogen (secondary N) is 1. The summed E-state index contributed by atoms with van der Waals surface area (Å²) in [4.78, 5) is 0. The first-order chi connectivity index (χ1) is 8.81. The molecule has 0 saturated heterocycles. The predicted molar refractivity (Wildman–Crippen MR) is 78.5 cm³/mol. The highest BCUT2D eigenvalue weighted by molar-refractivity contribution is 9.10. The summed E-state index contributed by atoms with van der Waals surface area (Å²) in [5, 5.41) is 12.5.